The first-order valence-electron chi connectivity index (χ1n) is 5.37. The molecule has 0 aromatic rings. The summed E-state index contributed by atoms with van der Waals surface area (Å²) in [6.07, 6.45) is 0.927. The predicted octanol–water partition coefficient (Wildman–Crippen LogP) is 2.47. The van der Waals surface area contributed by atoms with Gasteiger partial charge in [0.25, 0.3) is 0 Å². The van der Waals surface area contributed by atoms with E-state index in [1.807, 2.05) is 0 Å². The van der Waals surface area contributed by atoms with Gasteiger partial charge < -0.3 is 10.5 Å². The molecule has 0 radical (unpaired) electrons. The molecule has 0 saturated heterocycles. The van der Waals surface area contributed by atoms with Crippen LogP contribution in [0.5, 0.6) is 0 Å². The Morgan fingerprint density at radius 1 is 1.33 bits per heavy atom. The lowest BCUT2D eigenvalue weighted by Crippen LogP contribution is -2.28. The molecule has 0 aromatic carbocycles. The van der Waals surface area contributed by atoms with E-state index in [1.165, 1.54) is 19.3 Å². The summed E-state index contributed by atoms with van der Waals surface area (Å²) >= 11 is 0. The maximum absolute atomic E-state index is 11.7. The van der Waals surface area contributed by atoms with Gasteiger partial charge in [-0.15, -0.1) is 0 Å². The van der Waals surface area contributed by atoms with Crippen LogP contribution in [0.15, 0.2) is 0 Å². The molecule has 1 rings (SSSR count). The van der Waals surface area contributed by atoms with Crippen LogP contribution in [0.3, 0.4) is 0 Å². The topological polar surface area (TPSA) is 35.2 Å². The molecule has 1 atom stereocenters. The molecule has 1 aliphatic rings. The Morgan fingerprint density at radius 3 is 2.47 bits per heavy atom. The van der Waals surface area contributed by atoms with Crippen molar-refractivity contribution in [2.24, 2.45) is 11.7 Å². The molecule has 15 heavy (non-hydrogen) atoms. The Balaban J connectivity index is 1.94. The van der Waals surface area contributed by atoms with Crippen LogP contribution in [0, 0.1) is 5.92 Å². The van der Waals surface area contributed by atoms with Crippen LogP contribution in [0.4, 0.5) is 13.2 Å². The van der Waals surface area contributed by atoms with E-state index in [0.29, 0.717) is 12.3 Å². The first kappa shape index (κ1) is 12.8. The number of hydrogen-bond acceptors (Lipinski definition) is 2. The van der Waals surface area contributed by atoms with Crippen LogP contribution >= 0.6 is 0 Å². The zero-order valence-electron chi connectivity index (χ0n) is 8.72. The highest BCUT2D eigenvalue weighted by Gasteiger charge is 2.27. The normalized spacial score (nSPS) is 20.0. The molecule has 0 aromatic heterocycles. The highest BCUT2D eigenvalue weighted by molar-refractivity contribution is 4.75. The van der Waals surface area contributed by atoms with Gasteiger partial charge in [-0.1, -0.05) is 19.3 Å². The summed E-state index contributed by atoms with van der Waals surface area (Å²) < 4.78 is 39.6. The Morgan fingerprint density at radius 2 is 2.00 bits per heavy atom. The van der Waals surface area contributed by atoms with Gasteiger partial charge in [0, 0.05) is 12.6 Å². The molecular weight excluding hydrogens is 207 g/mol. The first-order valence-corrected chi connectivity index (χ1v) is 5.37. The minimum Gasteiger partial charge on any atom is -0.372 e. The fourth-order valence-corrected chi connectivity index (χ4v) is 1.70. The fraction of sp³-hybridized carbons (Fsp3) is 1.00. The minimum absolute atomic E-state index is 0.0106. The van der Waals surface area contributed by atoms with E-state index in [9.17, 15) is 13.2 Å². The van der Waals surface area contributed by atoms with E-state index < -0.39 is 12.8 Å². The second-order valence-corrected chi connectivity index (χ2v) is 4.25. The maximum Gasteiger partial charge on any atom is 0.411 e. The van der Waals surface area contributed by atoms with Crippen molar-refractivity contribution in [3.05, 3.63) is 0 Å². The molecule has 0 spiro atoms. The van der Waals surface area contributed by atoms with Crippen molar-refractivity contribution in [1.29, 1.82) is 0 Å². The van der Waals surface area contributed by atoms with E-state index in [4.69, 9.17) is 5.73 Å². The summed E-state index contributed by atoms with van der Waals surface area (Å²) in [6, 6.07) is -0.0106. The Hall–Kier alpha value is -0.290. The molecule has 1 saturated carbocycles. The highest BCUT2D eigenvalue weighted by Crippen LogP contribution is 2.30. The number of rotatable bonds is 6. The summed E-state index contributed by atoms with van der Waals surface area (Å²) in [5, 5.41) is 0. The largest absolute Gasteiger partial charge is 0.411 e. The first-order chi connectivity index (χ1) is 6.97. The highest BCUT2D eigenvalue weighted by atomic mass is 19.4. The van der Waals surface area contributed by atoms with Gasteiger partial charge in [0.1, 0.15) is 6.61 Å². The number of alkyl halides is 3. The van der Waals surface area contributed by atoms with Gasteiger partial charge in [0.2, 0.25) is 0 Å². The van der Waals surface area contributed by atoms with Crippen molar-refractivity contribution >= 4 is 0 Å². The smallest absolute Gasteiger partial charge is 0.372 e. The lowest BCUT2D eigenvalue weighted by molar-refractivity contribution is -0.174. The molecule has 0 heterocycles. The van der Waals surface area contributed by atoms with Crippen LogP contribution in [-0.4, -0.2) is 25.4 Å². The molecule has 1 fully saturated rings. The van der Waals surface area contributed by atoms with Gasteiger partial charge in [-0.3, -0.25) is 0 Å². The van der Waals surface area contributed by atoms with Crippen molar-refractivity contribution in [2.45, 2.75) is 44.3 Å². The minimum atomic E-state index is -4.22. The molecule has 0 bridgehead atoms. The number of nitrogens with two attached hydrogens (primary N) is 1. The van der Waals surface area contributed by atoms with E-state index in [0.717, 1.165) is 6.42 Å². The predicted molar refractivity (Wildman–Crippen MR) is 51.4 cm³/mol. The van der Waals surface area contributed by atoms with Crippen molar-refractivity contribution < 1.29 is 17.9 Å². The lowest BCUT2D eigenvalue weighted by Gasteiger charge is -2.28. The standard InChI is InChI=1S/C10H18F3NO/c11-10(12,13)7-15-5-4-9(14)6-8-2-1-3-8/h8-9H,1-7,14H2. The van der Waals surface area contributed by atoms with Crippen molar-refractivity contribution in [3.63, 3.8) is 0 Å². The second-order valence-electron chi connectivity index (χ2n) is 4.25. The third kappa shape index (κ3) is 5.99. The van der Waals surface area contributed by atoms with E-state index in [1.54, 1.807) is 0 Å². The molecule has 0 amide bonds. The average molecular weight is 225 g/mol. The number of hydrogen-bond donors (Lipinski definition) is 1. The molecule has 5 heteroatoms. The van der Waals surface area contributed by atoms with Crippen LogP contribution in [0.25, 0.3) is 0 Å². The third-order valence-corrected chi connectivity index (χ3v) is 2.76. The summed E-state index contributed by atoms with van der Waals surface area (Å²) in [4.78, 5) is 0. The zero-order chi connectivity index (χ0) is 11.3. The molecule has 1 unspecified atom stereocenters. The van der Waals surface area contributed by atoms with Gasteiger partial charge in [0.15, 0.2) is 0 Å². The van der Waals surface area contributed by atoms with Crippen LogP contribution < -0.4 is 5.73 Å². The second kappa shape index (κ2) is 5.70. The van der Waals surface area contributed by atoms with Crippen LogP contribution in [-0.2, 0) is 4.74 Å². The molecule has 1 aliphatic carbocycles. The number of ether oxygens (including phenoxy) is 1. The van der Waals surface area contributed by atoms with Gasteiger partial charge in [-0.2, -0.15) is 13.2 Å². The molecule has 90 valence electrons. The van der Waals surface area contributed by atoms with Gasteiger partial charge in [0.05, 0.1) is 0 Å². The Labute approximate surface area is 88.0 Å². The van der Waals surface area contributed by atoms with Crippen molar-refractivity contribution in [2.75, 3.05) is 13.2 Å². The van der Waals surface area contributed by atoms with Crippen LogP contribution in [0.2, 0.25) is 0 Å². The van der Waals surface area contributed by atoms with Gasteiger partial charge in [-0.25, -0.2) is 0 Å². The lowest BCUT2D eigenvalue weighted by atomic mass is 9.80. The monoisotopic (exact) mass is 225 g/mol. The van der Waals surface area contributed by atoms with Gasteiger partial charge in [-0.05, 0) is 18.8 Å². The van der Waals surface area contributed by atoms with Crippen LogP contribution in [0.1, 0.15) is 32.1 Å². The van der Waals surface area contributed by atoms with E-state index in [-0.39, 0.29) is 12.6 Å². The van der Waals surface area contributed by atoms with Crippen molar-refractivity contribution in [3.8, 4) is 0 Å². The molecule has 2 N–H and O–H groups in total. The van der Waals surface area contributed by atoms with E-state index in [2.05, 4.69) is 4.74 Å². The third-order valence-electron chi connectivity index (χ3n) is 2.76. The Bertz CT molecular complexity index is 180. The molecule has 2 nitrogen and oxygen atoms in total. The summed E-state index contributed by atoms with van der Waals surface area (Å²) in [5.41, 5.74) is 5.77. The summed E-state index contributed by atoms with van der Waals surface area (Å²) in [7, 11) is 0. The van der Waals surface area contributed by atoms with E-state index >= 15 is 0 Å². The summed E-state index contributed by atoms with van der Waals surface area (Å²) in [6.45, 7) is -1.06. The maximum atomic E-state index is 11.7. The molecule has 0 aliphatic heterocycles. The summed E-state index contributed by atoms with van der Waals surface area (Å²) in [5.74, 6) is 0.697. The quantitative estimate of drug-likeness (QED) is 0.705. The van der Waals surface area contributed by atoms with Crippen molar-refractivity contribution in [1.82, 2.24) is 0 Å². The zero-order valence-corrected chi connectivity index (χ0v) is 8.72. The number of halogens is 3. The average Bonchev–Trinajstić information content (AvgIpc) is 2.04. The Kier molecular flexibility index (Phi) is 4.86. The SMILES string of the molecule is NC(CCOCC(F)(F)F)CC1CCC1. The molecular formula is C10H18F3NO. The van der Waals surface area contributed by atoms with Gasteiger partial charge >= 0.3 is 6.18 Å². The fourth-order valence-electron chi connectivity index (χ4n) is 1.70.